The molecule has 12 heteroatoms. The Balaban J connectivity index is 2.08. The second kappa shape index (κ2) is 7.08. The molecule has 1 aromatic heterocycles. The van der Waals surface area contributed by atoms with E-state index in [0.29, 0.717) is 20.8 Å². The highest BCUT2D eigenvalue weighted by Crippen LogP contribution is 2.37. The summed E-state index contributed by atoms with van der Waals surface area (Å²) >= 11 is 0. The number of hydrogen-bond donors (Lipinski definition) is 0. The summed E-state index contributed by atoms with van der Waals surface area (Å²) in [4.78, 5) is 28.7. The van der Waals surface area contributed by atoms with Gasteiger partial charge in [-0.25, -0.2) is 4.98 Å². The fourth-order valence-electron chi connectivity index (χ4n) is 2.96. The van der Waals surface area contributed by atoms with E-state index in [1.54, 1.807) is 0 Å². The van der Waals surface area contributed by atoms with Crippen LogP contribution in [0.3, 0.4) is 0 Å². The highest BCUT2D eigenvalue weighted by atomic mass is 19.4. The predicted octanol–water partition coefficient (Wildman–Crippen LogP) is 3.31. The fraction of sp³-hybridized carbons (Fsp3) is 0.353. The second-order valence-electron chi connectivity index (χ2n) is 6.25. The van der Waals surface area contributed by atoms with E-state index in [9.17, 15) is 35.9 Å². The lowest BCUT2D eigenvalue weighted by molar-refractivity contribution is -0.150. The number of nitrogens with zero attached hydrogens (tertiary/aromatic N) is 3. The molecular weight excluding hydrogens is 408 g/mol. The average Bonchev–Trinajstić information content (AvgIpc) is 2.86. The maximum absolute atomic E-state index is 13.0. The van der Waals surface area contributed by atoms with Gasteiger partial charge in [0.1, 0.15) is 11.8 Å². The molecule has 1 atom stereocenters. The Morgan fingerprint density at radius 1 is 1.07 bits per heavy atom. The van der Waals surface area contributed by atoms with Crippen LogP contribution in [0.4, 0.5) is 32.3 Å². The van der Waals surface area contributed by atoms with Crippen LogP contribution >= 0.6 is 0 Å². The number of carbonyl (C=O) groups excluding carboxylic acids is 1. The van der Waals surface area contributed by atoms with Crippen LogP contribution in [0.25, 0.3) is 0 Å². The zero-order chi connectivity index (χ0) is 21.6. The van der Waals surface area contributed by atoms with Crippen molar-refractivity contribution in [3.8, 4) is 5.75 Å². The molecule has 1 unspecified atom stereocenters. The van der Waals surface area contributed by atoms with E-state index in [0.717, 1.165) is 0 Å². The average molecular weight is 421 g/mol. The molecule has 1 amide bonds. The first-order valence-electron chi connectivity index (χ1n) is 8.12. The minimum atomic E-state index is -5.01. The van der Waals surface area contributed by atoms with Gasteiger partial charge < -0.3 is 4.74 Å². The fourth-order valence-corrected chi connectivity index (χ4v) is 2.96. The lowest BCUT2D eigenvalue weighted by Gasteiger charge is -2.17. The van der Waals surface area contributed by atoms with E-state index in [2.05, 4.69) is 4.98 Å². The topological polar surface area (TPSA) is 64.4 Å². The third-order valence-corrected chi connectivity index (χ3v) is 4.25. The molecule has 156 valence electrons. The summed E-state index contributed by atoms with van der Waals surface area (Å²) in [7, 11) is 1.41. The van der Waals surface area contributed by atoms with Crippen molar-refractivity contribution in [3.05, 3.63) is 51.9 Å². The number of fused-ring (bicyclic) bond motifs is 1. The number of rotatable bonds is 4. The number of halogens is 6. The molecule has 2 aromatic rings. The molecule has 0 bridgehead atoms. The van der Waals surface area contributed by atoms with Crippen molar-refractivity contribution in [1.29, 1.82) is 0 Å². The number of hydrogen-bond acceptors (Lipinski definition) is 4. The third kappa shape index (κ3) is 4.20. The number of anilines is 1. The zero-order valence-electron chi connectivity index (χ0n) is 14.7. The molecule has 6 nitrogen and oxygen atoms in total. The molecule has 0 spiro atoms. The van der Waals surface area contributed by atoms with Crippen molar-refractivity contribution in [2.45, 2.75) is 31.4 Å². The Labute approximate surface area is 159 Å². The highest BCUT2D eigenvalue weighted by molar-refractivity contribution is 5.98. The van der Waals surface area contributed by atoms with Crippen molar-refractivity contribution in [1.82, 2.24) is 9.55 Å². The molecule has 3 rings (SSSR count). The second-order valence-corrected chi connectivity index (χ2v) is 6.25. The maximum atomic E-state index is 13.0. The van der Waals surface area contributed by atoms with Crippen LogP contribution in [0.1, 0.15) is 23.7 Å². The smallest absolute Gasteiger partial charge is 0.433 e. The van der Waals surface area contributed by atoms with Gasteiger partial charge in [0.15, 0.2) is 5.69 Å². The van der Waals surface area contributed by atoms with Gasteiger partial charge in [-0.15, -0.1) is 0 Å². The minimum absolute atomic E-state index is 0.0804. The lowest BCUT2D eigenvalue weighted by Crippen LogP contribution is -2.31. The van der Waals surface area contributed by atoms with Gasteiger partial charge in [0.2, 0.25) is 5.95 Å². The molecule has 2 heterocycles. The first-order chi connectivity index (χ1) is 13.4. The first kappa shape index (κ1) is 20.7. The standard InChI is InChI=1S/C17H13F6N3O3/c1-29-10-4-2-9(3-5-10)8-25-14(28)11(7-16(18,19)20)26-13(27)6-12(17(21,22)23)24-15(25)26/h2-6,11H,7-8H2,1H3. The Hall–Kier alpha value is -3.05. The summed E-state index contributed by atoms with van der Waals surface area (Å²) in [6.07, 6.45) is -11.5. The molecule has 1 aliphatic rings. The van der Waals surface area contributed by atoms with Gasteiger partial charge in [-0.3, -0.25) is 19.1 Å². The van der Waals surface area contributed by atoms with E-state index in [-0.39, 0.29) is 12.6 Å². The number of benzene rings is 1. The third-order valence-electron chi connectivity index (χ3n) is 4.25. The largest absolute Gasteiger partial charge is 0.497 e. The molecule has 0 fully saturated rings. The summed E-state index contributed by atoms with van der Waals surface area (Å²) in [6.45, 7) is -0.370. The summed E-state index contributed by atoms with van der Waals surface area (Å²) in [5.74, 6) is -1.48. The van der Waals surface area contributed by atoms with Gasteiger partial charge in [0.25, 0.3) is 11.5 Å². The molecule has 1 aliphatic heterocycles. The molecule has 0 saturated carbocycles. The molecule has 0 aliphatic carbocycles. The number of ether oxygens (including phenoxy) is 1. The van der Waals surface area contributed by atoms with Gasteiger partial charge in [-0.05, 0) is 17.7 Å². The van der Waals surface area contributed by atoms with E-state index >= 15 is 0 Å². The van der Waals surface area contributed by atoms with E-state index in [1.165, 1.54) is 31.4 Å². The number of alkyl halides is 6. The van der Waals surface area contributed by atoms with Crippen LogP contribution in [-0.4, -0.2) is 28.7 Å². The summed E-state index contributed by atoms with van der Waals surface area (Å²) in [5.41, 5.74) is -2.58. The molecule has 0 radical (unpaired) electrons. The first-order valence-corrected chi connectivity index (χ1v) is 8.12. The van der Waals surface area contributed by atoms with Gasteiger partial charge in [-0.2, -0.15) is 26.3 Å². The minimum Gasteiger partial charge on any atom is -0.497 e. The van der Waals surface area contributed by atoms with Crippen LogP contribution in [0, 0.1) is 0 Å². The summed E-state index contributed by atoms with van der Waals surface area (Å²) in [6, 6.07) is 4.05. The molecular formula is C17H13F6N3O3. The molecule has 0 saturated heterocycles. The van der Waals surface area contributed by atoms with Crippen molar-refractivity contribution in [2.75, 3.05) is 12.0 Å². The van der Waals surface area contributed by atoms with Crippen molar-refractivity contribution >= 4 is 11.9 Å². The number of methoxy groups -OCH3 is 1. The highest BCUT2D eigenvalue weighted by Gasteiger charge is 2.47. The number of aromatic nitrogens is 2. The monoisotopic (exact) mass is 421 g/mol. The molecule has 1 aromatic carbocycles. The predicted molar refractivity (Wildman–Crippen MR) is 87.4 cm³/mol. The molecule has 29 heavy (non-hydrogen) atoms. The van der Waals surface area contributed by atoms with Crippen molar-refractivity contribution < 1.29 is 35.9 Å². The van der Waals surface area contributed by atoms with Crippen LogP contribution in [0.5, 0.6) is 5.75 Å². The molecule has 0 N–H and O–H groups in total. The maximum Gasteiger partial charge on any atom is 0.433 e. The Kier molecular flexibility index (Phi) is 5.05. The Morgan fingerprint density at radius 2 is 1.69 bits per heavy atom. The van der Waals surface area contributed by atoms with Crippen LogP contribution in [0.2, 0.25) is 0 Å². The number of amides is 1. The van der Waals surface area contributed by atoms with Gasteiger partial charge in [-0.1, -0.05) is 12.1 Å². The van der Waals surface area contributed by atoms with Crippen LogP contribution in [-0.2, 0) is 17.5 Å². The van der Waals surface area contributed by atoms with Crippen molar-refractivity contribution in [2.24, 2.45) is 0 Å². The van der Waals surface area contributed by atoms with Gasteiger partial charge >= 0.3 is 12.4 Å². The van der Waals surface area contributed by atoms with Crippen LogP contribution in [0.15, 0.2) is 35.1 Å². The van der Waals surface area contributed by atoms with Crippen molar-refractivity contribution in [3.63, 3.8) is 0 Å². The Morgan fingerprint density at radius 3 is 2.21 bits per heavy atom. The zero-order valence-corrected chi connectivity index (χ0v) is 14.7. The summed E-state index contributed by atoms with van der Waals surface area (Å²) in [5, 5.41) is 0. The quantitative estimate of drug-likeness (QED) is 0.711. The van der Waals surface area contributed by atoms with E-state index in [1.807, 2.05) is 0 Å². The van der Waals surface area contributed by atoms with Crippen LogP contribution < -0.4 is 15.2 Å². The van der Waals surface area contributed by atoms with Gasteiger partial charge in [0.05, 0.1) is 20.1 Å². The lowest BCUT2D eigenvalue weighted by atomic mass is 10.1. The normalized spacial score (nSPS) is 16.9. The van der Waals surface area contributed by atoms with E-state index < -0.39 is 47.9 Å². The summed E-state index contributed by atoms with van der Waals surface area (Å²) < 4.78 is 83.2. The van der Waals surface area contributed by atoms with Gasteiger partial charge in [0, 0.05) is 6.07 Å². The van der Waals surface area contributed by atoms with E-state index in [4.69, 9.17) is 4.74 Å². The number of carbonyl (C=O) groups is 1. The SMILES string of the molecule is COc1ccc(CN2C(=O)C(CC(F)(F)F)n3c2nc(C(F)(F)F)cc3=O)cc1. The Bertz CT molecular complexity index is 982.